The maximum atomic E-state index is 14.9. The highest BCUT2D eigenvalue weighted by atomic mass is 19.3. The molecule has 2 radical (unpaired) electrons. The molecule has 122 valence electrons. The Morgan fingerprint density at radius 2 is 1.88 bits per heavy atom. The smallest absolute Gasteiger partial charge is 0.356 e. The van der Waals surface area contributed by atoms with E-state index < -0.39 is 23.4 Å². The first-order valence-electron chi connectivity index (χ1n) is 6.95. The number of carboxylic acid groups (broad SMARTS) is 1. The molecule has 0 aliphatic rings. The van der Waals surface area contributed by atoms with E-state index in [9.17, 15) is 13.6 Å². The predicted molar refractivity (Wildman–Crippen MR) is 81.3 cm³/mol. The summed E-state index contributed by atoms with van der Waals surface area (Å²) in [6.45, 7) is 0. The Labute approximate surface area is 139 Å². The molecule has 4 aromatic rings. The summed E-state index contributed by atoms with van der Waals surface area (Å²) >= 11 is 0. The van der Waals surface area contributed by atoms with Crippen LogP contribution in [0.1, 0.15) is 22.0 Å². The van der Waals surface area contributed by atoms with Crippen molar-refractivity contribution in [1.82, 2.24) is 29.2 Å². The number of halogens is 2. The van der Waals surface area contributed by atoms with Gasteiger partial charge in [0.2, 0.25) is 5.82 Å². The molecule has 0 aliphatic heterocycles. The fourth-order valence-electron chi connectivity index (χ4n) is 2.39. The third-order valence-corrected chi connectivity index (χ3v) is 3.57. The van der Waals surface area contributed by atoms with E-state index in [1.165, 1.54) is 24.4 Å². The lowest BCUT2D eigenvalue weighted by atomic mass is 9.99. The van der Waals surface area contributed by atoms with Gasteiger partial charge in [0.15, 0.2) is 17.0 Å². The molecule has 0 atom stereocenters. The second-order valence-corrected chi connectivity index (χ2v) is 5.24. The van der Waals surface area contributed by atoms with Gasteiger partial charge in [-0.15, -0.1) is 10.2 Å². The fourth-order valence-corrected chi connectivity index (χ4v) is 2.39. The average molecular weight is 340 g/mol. The lowest BCUT2D eigenvalue weighted by Crippen LogP contribution is -2.22. The SMILES string of the molecule is [B]c1ccc2nnc(C(F)(F)c3ccc4nc(C(=O)O)cn4n3)n2c1. The van der Waals surface area contributed by atoms with Gasteiger partial charge < -0.3 is 5.11 Å². The van der Waals surface area contributed by atoms with Crippen LogP contribution in [0.2, 0.25) is 0 Å². The number of pyridine rings is 1. The van der Waals surface area contributed by atoms with Gasteiger partial charge in [0.05, 0.1) is 6.20 Å². The maximum absolute atomic E-state index is 14.9. The number of fused-ring (bicyclic) bond motifs is 2. The van der Waals surface area contributed by atoms with Crippen molar-refractivity contribution < 1.29 is 18.7 Å². The van der Waals surface area contributed by atoms with Crippen LogP contribution in [0.3, 0.4) is 0 Å². The van der Waals surface area contributed by atoms with Gasteiger partial charge in [0.1, 0.15) is 13.5 Å². The minimum absolute atomic E-state index is 0.132. The van der Waals surface area contributed by atoms with Gasteiger partial charge >= 0.3 is 11.9 Å². The van der Waals surface area contributed by atoms with Crippen LogP contribution in [0.25, 0.3) is 11.3 Å². The van der Waals surface area contributed by atoms with Gasteiger partial charge in [-0.25, -0.2) is 14.3 Å². The van der Waals surface area contributed by atoms with Crippen LogP contribution < -0.4 is 5.46 Å². The summed E-state index contributed by atoms with van der Waals surface area (Å²) < 4.78 is 31.9. The minimum Gasteiger partial charge on any atom is -0.476 e. The molecule has 0 amide bonds. The van der Waals surface area contributed by atoms with Crippen molar-refractivity contribution in [2.75, 3.05) is 0 Å². The number of hydrogen-bond acceptors (Lipinski definition) is 5. The zero-order valence-electron chi connectivity index (χ0n) is 12.3. The number of alkyl halides is 2. The molecule has 0 bridgehead atoms. The van der Waals surface area contributed by atoms with Crippen molar-refractivity contribution in [1.29, 1.82) is 0 Å². The second-order valence-electron chi connectivity index (χ2n) is 5.24. The molecule has 0 unspecified atom stereocenters. The van der Waals surface area contributed by atoms with Gasteiger partial charge in [0, 0.05) is 6.20 Å². The highest BCUT2D eigenvalue weighted by Gasteiger charge is 2.41. The van der Waals surface area contributed by atoms with Crippen molar-refractivity contribution in [3.63, 3.8) is 0 Å². The van der Waals surface area contributed by atoms with Gasteiger partial charge in [-0.1, -0.05) is 11.5 Å². The molecule has 8 nitrogen and oxygen atoms in total. The number of nitrogens with zero attached hydrogens (tertiary/aromatic N) is 6. The van der Waals surface area contributed by atoms with Crippen LogP contribution in [0, 0.1) is 0 Å². The van der Waals surface area contributed by atoms with Crippen molar-refractivity contribution in [3.8, 4) is 0 Å². The van der Waals surface area contributed by atoms with Crippen LogP contribution >= 0.6 is 0 Å². The van der Waals surface area contributed by atoms with Crippen molar-refractivity contribution in [2.24, 2.45) is 0 Å². The molecule has 0 aromatic carbocycles. The maximum Gasteiger partial charge on any atom is 0.356 e. The minimum atomic E-state index is -3.59. The number of rotatable bonds is 3. The molecule has 11 heteroatoms. The molecule has 0 fully saturated rings. The molecule has 4 aromatic heterocycles. The normalized spacial score (nSPS) is 12.1. The van der Waals surface area contributed by atoms with E-state index in [-0.39, 0.29) is 22.5 Å². The van der Waals surface area contributed by atoms with Crippen molar-refractivity contribution in [2.45, 2.75) is 5.92 Å². The number of hydrogen-bond donors (Lipinski definition) is 1. The Kier molecular flexibility index (Phi) is 3.07. The average Bonchev–Trinajstić information content (AvgIpc) is 3.17. The topological polar surface area (TPSA) is 97.7 Å². The van der Waals surface area contributed by atoms with Gasteiger partial charge in [0.25, 0.3) is 0 Å². The number of carboxylic acids is 1. The zero-order chi connectivity index (χ0) is 17.8. The van der Waals surface area contributed by atoms with Crippen LogP contribution in [-0.4, -0.2) is 48.1 Å². The Bertz CT molecular complexity index is 1140. The highest BCUT2D eigenvalue weighted by Crippen LogP contribution is 2.33. The Balaban J connectivity index is 1.87. The molecule has 0 saturated carbocycles. The third kappa shape index (κ3) is 2.32. The monoisotopic (exact) mass is 340 g/mol. The first kappa shape index (κ1) is 15.2. The molecule has 0 aliphatic carbocycles. The first-order chi connectivity index (χ1) is 11.9. The summed E-state index contributed by atoms with van der Waals surface area (Å²) in [5, 5.41) is 19.9. The number of carbonyl (C=O) groups is 1. The Morgan fingerprint density at radius 1 is 1.12 bits per heavy atom. The quantitative estimate of drug-likeness (QED) is 0.543. The van der Waals surface area contributed by atoms with E-state index in [4.69, 9.17) is 13.0 Å². The largest absolute Gasteiger partial charge is 0.476 e. The van der Waals surface area contributed by atoms with E-state index >= 15 is 0 Å². The summed E-state index contributed by atoms with van der Waals surface area (Å²) in [4.78, 5) is 14.7. The summed E-state index contributed by atoms with van der Waals surface area (Å²) in [6, 6.07) is 5.30. The molecular weight excluding hydrogens is 333 g/mol. The van der Waals surface area contributed by atoms with E-state index in [2.05, 4.69) is 20.3 Å². The lowest BCUT2D eigenvalue weighted by Gasteiger charge is -2.14. The van der Waals surface area contributed by atoms with E-state index in [0.29, 0.717) is 0 Å². The van der Waals surface area contributed by atoms with Crippen molar-refractivity contribution >= 4 is 30.6 Å². The highest BCUT2D eigenvalue weighted by molar-refractivity contribution is 6.32. The summed E-state index contributed by atoms with van der Waals surface area (Å²) in [6.07, 6.45) is 2.34. The zero-order valence-corrected chi connectivity index (χ0v) is 12.3. The predicted octanol–water partition coefficient (Wildman–Crippen LogP) is 0.404. The first-order valence-corrected chi connectivity index (χ1v) is 6.95. The van der Waals surface area contributed by atoms with Gasteiger partial charge in [-0.3, -0.25) is 4.40 Å². The van der Waals surface area contributed by atoms with Crippen LogP contribution in [0.5, 0.6) is 0 Å². The van der Waals surface area contributed by atoms with Crippen molar-refractivity contribution in [3.05, 3.63) is 53.9 Å². The molecule has 4 rings (SSSR count). The fraction of sp³-hybridized carbons (Fsp3) is 0.0714. The summed E-state index contributed by atoms with van der Waals surface area (Å²) in [7, 11) is 5.63. The van der Waals surface area contributed by atoms with E-state index in [0.717, 1.165) is 21.2 Å². The third-order valence-electron chi connectivity index (χ3n) is 3.57. The number of aromatic carboxylic acids is 1. The van der Waals surface area contributed by atoms with E-state index in [1.807, 2.05) is 0 Å². The molecule has 0 spiro atoms. The summed E-state index contributed by atoms with van der Waals surface area (Å²) in [5.74, 6) is -5.52. The van der Waals surface area contributed by atoms with Crippen LogP contribution in [0.15, 0.2) is 36.7 Å². The molecule has 25 heavy (non-hydrogen) atoms. The lowest BCUT2D eigenvalue weighted by molar-refractivity contribution is 0.0258. The number of aromatic nitrogens is 6. The Hall–Kier alpha value is -3.37. The standard InChI is InChI=1S/C14H7BF2N6O2/c15-7-1-3-11-19-20-13(22(11)5-7)14(16,17)9-2-4-10-18-8(12(24)25)6-23(10)21-9/h1-6H,(H,24,25). The Morgan fingerprint density at radius 3 is 2.64 bits per heavy atom. The molecule has 0 saturated heterocycles. The molecule has 1 N–H and O–H groups in total. The van der Waals surface area contributed by atoms with Crippen LogP contribution in [-0.2, 0) is 5.92 Å². The van der Waals surface area contributed by atoms with Gasteiger partial charge in [-0.2, -0.15) is 13.9 Å². The summed E-state index contributed by atoms with van der Waals surface area (Å²) in [5.41, 5.74) is -0.318. The molecule has 4 heterocycles. The number of imidazole rings is 1. The molecular formula is C14H7BF2N6O2. The second kappa shape index (κ2) is 5.06. The van der Waals surface area contributed by atoms with Crippen LogP contribution in [0.4, 0.5) is 8.78 Å². The van der Waals surface area contributed by atoms with Gasteiger partial charge in [-0.05, 0) is 18.2 Å². The van der Waals surface area contributed by atoms with E-state index in [1.54, 1.807) is 0 Å².